The average molecular weight is 448 g/mol. The normalized spacial score (nSPS) is 20.1. The molecular weight excluding hydrogens is 433 g/mol. The first-order valence-electron chi connectivity index (χ1n) is 8.83. The Kier molecular flexibility index (Phi) is 5.44. The van der Waals surface area contributed by atoms with Gasteiger partial charge in [0.25, 0.3) is 11.8 Å². The standard InChI is InChI=1S/C19H15ClFN5O3S/c1-30-12-4-2-3-10(7-12)22-15(27)9-25-17-16(23-24-25)18(28)26(19(17)29)11-5-6-14(21)13(20)8-11/h2-8,16-17H,9H2,1H3,(H,22,27)/t16-,17+/m1/s1. The number of benzene rings is 2. The highest BCUT2D eigenvalue weighted by Crippen LogP contribution is 2.33. The van der Waals surface area contributed by atoms with E-state index in [0.29, 0.717) is 5.69 Å². The Morgan fingerprint density at radius 2 is 2.03 bits per heavy atom. The number of imide groups is 1. The van der Waals surface area contributed by atoms with Gasteiger partial charge in [0.2, 0.25) is 5.91 Å². The summed E-state index contributed by atoms with van der Waals surface area (Å²) in [6.07, 6.45) is 1.93. The average Bonchev–Trinajstić information content (AvgIpc) is 3.24. The summed E-state index contributed by atoms with van der Waals surface area (Å²) in [5.41, 5.74) is 0.746. The van der Waals surface area contributed by atoms with Crippen LogP contribution in [0.15, 0.2) is 57.7 Å². The fourth-order valence-corrected chi connectivity index (χ4v) is 3.92. The number of carbonyl (C=O) groups is 3. The van der Waals surface area contributed by atoms with Crippen molar-refractivity contribution in [3.8, 4) is 0 Å². The van der Waals surface area contributed by atoms with Crippen LogP contribution in [0.2, 0.25) is 5.02 Å². The molecule has 1 fully saturated rings. The molecule has 4 rings (SSSR count). The number of rotatable bonds is 5. The van der Waals surface area contributed by atoms with E-state index >= 15 is 0 Å². The van der Waals surface area contributed by atoms with Gasteiger partial charge in [0.05, 0.1) is 10.7 Å². The number of fused-ring (bicyclic) bond motifs is 1. The zero-order chi connectivity index (χ0) is 21.4. The molecule has 0 aromatic heterocycles. The second kappa shape index (κ2) is 8.04. The molecule has 1 N–H and O–H groups in total. The number of nitrogens with one attached hydrogen (secondary N) is 1. The van der Waals surface area contributed by atoms with Crippen molar-refractivity contribution >= 4 is 52.5 Å². The molecule has 2 heterocycles. The lowest BCUT2D eigenvalue weighted by Crippen LogP contribution is -2.43. The van der Waals surface area contributed by atoms with E-state index in [1.54, 1.807) is 17.8 Å². The van der Waals surface area contributed by atoms with Gasteiger partial charge >= 0.3 is 0 Å². The molecule has 2 aromatic rings. The Morgan fingerprint density at radius 1 is 1.23 bits per heavy atom. The van der Waals surface area contributed by atoms with Gasteiger partial charge in [0.1, 0.15) is 12.4 Å². The Bertz CT molecular complexity index is 1080. The molecule has 0 aliphatic carbocycles. The van der Waals surface area contributed by atoms with Crippen molar-refractivity contribution in [3.63, 3.8) is 0 Å². The molecule has 3 amide bonds. The first kappa shape index (κ1) is 20.3. The molecule has 0 saturated carbocycles. The van der Waals surface area contributed by atoms with Crippen molar-refractivity contribution in [3.05, 3.63) is 53.3 Å². The quantitative estimate of drug-likeness (QED) is 0.561. The minimum atomic E-state index is -1.06. The molecule has 0 spiro atoms. The van der Waals surface area contributed by atoms with Gasteiger partial charge in [-0.15, -0.1) is 11.8 Å². The number of amides is 3. The molecule has 2 atom stereocenters. The van der Waals surface area contributed by atoms with E-state index in [4.69, 9.17) is 11.6 Å². The van der Waals surface area contributed by atoms with Crippen LogP contribution in [-0.2, 0) is 14.4 Å². The highest BCUT2D eigenvalue weighted by atomic mass is 35.5. The van der Waals surface area contributed by atoms with E-state index in [0.717, 1.165) is 15.9 Å². The number of anilines is 2. The van der Waals surface area contributed by atoms with Crippen LogP contribution in [-0.4, -0.2) is 47.6 Å². The van der Waals surface area contributed by atoms with Crippen LogP contribution in [0.1, 0.15) is 0 Å². The zero-order valence-corrected chi connectivity index (χ0v) is 17.2. The van der Waals surface area contributed by atoms with Crippen LogP contribution in [0.25, 0.3) is 0 Å². The predicted octanol–water partition coefficient (Wildman–Crippen LogP) is 3.13. The monoisotopic (exact) mass is 447 g/mol. The maximum atomic E-state index is 13.4. The van der Waals surface area contributed by atoms with Crippen molar-refractivity contribution in [2.45, 2.75) is 17.0 Å². The highest BCUT2D eigenvalue weighted by Gasteiger charge is 2.55. The fourth-order valence-electron chi connectivity index (χ4n) is 3.28. The Balaban J connectivity index is 1.49. The van der Waals surface area contributed by atoms with Crippen LogP contribution < -0.4 is 10.2 Å². The number of hydrogen-bond acceptors (Lipinski definition) is 7. The van der Waals surface area contributed by atoms with Gasteiger partial charge in [-0.05, 0) is 42.7 Å². The Labute approximate surface area is 180 Å². The number of nitrogens with zero attached hydrogens (tertiary/aromatic N) is 4. The lowest BCUT2D eigenvalue weighted by molar-refractivity contribution is -0.123. The number of halogens is 2. The topological polar surface area (TPSA) is 94.4 Å². The minimum absolute atomic E-state index is 0.138. The van der Waals surface area contributed by atoms with E-state index in [1.165, 1.54) is 17.1 Å². The summed E-state index contributed by atoms with van der Waals surface area (Å²) in [7, 11) is 0. The summed E-state index contributed by atoms with van der Waals surface area (Å²) in [6.45, 7) is -0.259. The molecule has 1 saturated heterocycles. The van der Waals surface area contributed by atoms with Crippen LogP contribution in [0.3, 0.4) is 0 Å². The van der Waals surface area contributed by atoms with Crippen LogP contribution in [0.4, 0.5) is 15.8 Å². The van der Waals surface area contributed by atoms with E-state index in [2.05, 4.69) is 15.7 Å². The predicted molar refractivity (Wildman–Crippen MR) is 110 cm³/mol. The second-order valence-electron chi connectivity index (χ2n) is 6.58. The van der Waals surface area contributed by atoms with Crippen LogP contribution in [0.5, 0.6) is 0 Å². The largest absolute Gasteiger partial charge is 0.324 e. The number of carbonyl (C=O) groups excluding carboxylic acids is 3. The van der Waals surface area contributed by atoms with E-state index in [-0.39, 0.29) is 17.3 Å². The maximum Gasteiger partial charge on any atom is 0.263 e. The maximum absolute atomic E-state index is 13.4. The van der Waals surface area contributed by atoms with Gasteiger partial charge in [0, 0.05) is 10.6 Å². The molecule has 30 heavy (non-hydrogen) atoms. The zero-order valence-electron chi connectivity index (χ0n) is 15.6. The summed E-state index contributed by atoms with van der Waals surface area (Å²) < 4.78 is 13.4. The molecule has 0 bridgehead atoms. The Morgan fingerprint density at radius 3 is 2.77 bits per heavy atom. The van der Waals surface area contributed by atoms with Gasteiger partial charge in [-0.25, -0.2) is 9.29 Å². The molecule has 2 aliphatic heterocycles. The van der Waals surface area contributed by atoms with Gasteiger partial charge < -0.3 is 5.32 Å². The smallest absolute Gasteiger partial charge is 0.263 e. The Hall–Kier alpha value is -2.98. The van der Waals surface area contributed by atoms with Crippen LogP contribution in [0, 0.1) is 5.82 Å². The first-order valence-corrected chi connectivity index (χ1v) is 10.4. The molecule has 0 unspecified atom stereocenters. The van der Waals surface area contributed by atoms with Gasteiger partial charge in [-0.2, -0.15) is 5.11 Å². The van der Waals surface area contributed by atoms with E-state index in [9.17, 15) is 18.8 Å². The molecule has 154 valence electrons. The number of thioether (sulfide) groups is 1. The number of hydrogen-bond donors (Lipinski definition) is 1. The third-order valence-electron chi connectivity index (χ3n) is 4.68. The van der Waals surface area contributed by atoms with Crippen molar-refractivity contribution in [1.29, 1.82) is 0 Å². The van der Waals surface area contributed by atoms with E-state index in [1.807, 2.05) is 24.5 Å². The summed E-state index contributed by atoms with van der Waals surface area (Å²) >= 11 is 7.31. The first-order chi connectivity index (χ1) is 14.4. The second-order valence-corrected chi connectivity index (χ2v) is 7.87. The van der Waals surface area contributed by atoms with Crippen molar-refractivity contribution in [2.75, 3.05) is 23.0 Å². The van der Waals surface area contributed by atoms with Crippen molar-refractivity contribution in [1.82, 2.24) is 5.01 Å². The van der Waals surface area contributed by atoms with Gasteiger partial charge in [-0.1, -0.05) is 22.9 Å². The molecule has 2 aliphatic rings. The summed E-state index contributed by atoms with van der Waals surface area (Å²) in [5.74, 6) is -2.28. The molecular formula is C19H15ClFN5O3S. The minimum Gasteiger partial charge on any atom is -0.324 e. The lowest BCUT2D eigenvalue weighted by Gasteiger charge is -2.20. The fraction of sp³-hybridized carbons (Fsp3) is 0.211. The summed E-state index contributed by atoms with van der Waals surface area (Å²) in [5, 5.41) is 11.4. The van der Waals surface area contributed by atoms with Gasteiger partial charge in [-0.3, -0.25) is 19.4 Å². The molecule has 2 aromatic carbocycles. The highest BCUT2D eigenvalue weighted by molar-refractivity contribution is 7.98. The van der Waals surface area contributed by atoms with E-state index < -0.39 is 35.6 Å². The third kappa shape index (κ3) is 3.63. The van der Waals surface area contributed by atoms with Crippen LogP contribution >= 0.6 is 23.4 Å². The van der Waals surface area contributed by atoms with Crippen molar-refractivity contribution in [2.24, 2.45) is 10.3 Å². The lowest BCUT2D eigenvalue weighted by atomic mass is 10.1. The molecule has 8 nitrogen and oxygen atoms in total. The molecule has 11 heteroatoms. The SMILES string of the molecule is CSc1cccc(NC(=O)CN2N=N[C@H]3C(=O)N(c4ccc(F)c(Cl)c4)C(=O)[C@H]32)c1. The summed E-state index contributed by atoms with van der Waals surface area (Å²) in [6, 6.07) is 8.75. The van der Waals surface area contributed by atoms with Gasteiger partial charge in [0.15, 0.2) is 12.1 Å². The van der Waals surface area contributed by atoms with Crippen molar-refractivity contribution < 1.29 is 18.8 Å². The third-order valence-corrected chi connectivity index (χ3v) is 5.69. The molecule has 0 radical (unpaired) electrons. The summed E-state index contributed by atoms with van der Waals surface area (Å²) in [4.78, 5) is 39.9.